The van der Waals surface area contributed by atoms with Crippen LogP contribution in [0.15, 0.2) is 24.5 Å². The average Bonchev–Trinajstić information content (AvgIpc) is 3.08. The second-order valence-electron chi connectivity index (χ2n) is 8.21. The molecule has 2 aliphatic rings. The molecular weight excluding hydrogens is 424 g/mol. The number of hydrogen-bond donors (Lipinski definition) is 3. The van der Waals surface area contributed by atoms with Crippen LogP contribution in [-0.4, -0.2) is 85.1 Å². The molecule has 2 fully saturated rings. The van der Waals surface area contributed by atoms with Gasteiger partial charge in [0.25, 0.3) is 0 Å². The Balaban J connectivity index is 1.79. The fourth-order valence-corrected chi connectivity index (χ4v) is 4.66. The molecule has 0 aromatic carbocycles. The van der Waals surface area contributed by atoms with Gasteiger partial charge in [-0.3, -0.25) is 14.6 Å². The number of piperazine rings is 1. The van der Waals surface area contributed by atoms with Crippen molar-refractivity contribution in [2.24, 2.45) is 5.92 Å². The molecule has 1 aromatic rings. The molecule has 0 aliphatic carbocycles. The van der Waals surface area contributed by atoms with Gasteiger partial charge in [0, 0.05) is 37.8 Å². The van der Waals surface area contributed by atoms with Gasteiger partial charge in [-0.15, -0.1) is 0 Å². The minimum Gasteiger partial charge on any atom is -0.353 e. The summed E-state index contributed by atoms with van der Waals surface area (Å²) in [5, 5.41) is 5.46. The molecule has 0 saturated carbocycles. The minimum absolute atomic E-state index is 0.0241. The molecule has 3 N–H and O–H groups in total. The highest BCUT2D eigenvalue weighted by Crippen LogP contribution is 2.27. The summed E-state index contributed by atoms with van der Waals surface area (Å²) in [6.45, 7) is 3.90. The number of amides is 4. The number of nitrogens with zero attached hydrogens (tertiary/aromatic N) is 3. The van der Waals surface area contributed by atoms with Crippen molar-refractivity contribution in [2.45, 2.75) is 38.4 Å². The zero-order valence-electron chi connectivity index (χ0n) is 17.7. The summed E-state index contributed by atoms with van der Waals surface area (Å²) in [4.78, 5) is 45.2. The van der Waals surface area contributed by atoms with Crippen LogP contribution in [0.25, 0.3) is 0 Å². The van der Waals surface area contributed by atoms with E-state index in [1.54, 1.807) is 37.1 Å². The number of anilines is 1. The Morgan fingerprint density at radius 2 is 2.03 bits per heavy atom. The topological polar surface area (TPSA) is 141 Å². The normalized spacial score (nSPS) is 23.6. The van der Waals surface area contributed by atoms with Crippen molar-refractivity contribution in [3.05, 3.63) is 24.5 Å². The van der Waals surface area contributed by atoms with Gasteiger partial charge in [0.05, 0.1) is 24.2 Å². The Labute approximate surface area is 181 Å². The Morgan fingerprint density at radius 1 is 1.29 bits per heavy atom. The van der Waals surface area contributed by atoms with Crippen molar-refractivity contribution >= 4 is 33.6 Å². The van der Waals surface area contributed by atoms with Gasteiger partial charge in [-0.1, -0.05) is 13.8 Å². The van der Waals surface area contributed by atoms with E-state index >= 15 is 0 Å². The van der Waals surface area contributed by atoms with Crippen molar-refractivity contribution in [1.29, 1.82) is 0 Å². The predicted molar refractivity (Wildman–Crippen MR) is 113 cm³/mol. The van der Waals surface area contributed by atoms with E-state index in [4.69, 9.17) is 0 Å². The lowest BCUT2D eigenvalue weighted by Crippen LogP contribution is -2.64. The van der Waals surface area contributed by atoms with Crippen molar-refractivity contribution in [3.8, 4) is 0 Å². The highest BCUT2D eigenvalue weighted by atomic mass is 32.2. The number of carbonyl (C=O) groups excluding carboxylic acids is 3. The highest BCUT2D eigenvalue weighted by Gasteiger charge is 2.47. The zero-order chi connectivity index (χ0) is 22.8. The molecule has 1 aromatic heterocycles. The second kappa shape index (κ2) is 9.18. The van der Waals surface area contributed by atoms with E-state index in [1.807, 2.05) is 0 Å². The fraction of sp³-hybridized carbons (Fsp3) is 0.579. The average molecular weight is 453 g/mol. The number of sulfonamides is 1. The molecule has 3 atom stereocenters. The van der Waals surface area contributed by atoms with Crippen LogP contribution in [0.2, 0.25) is 0 Å². The summed E-state index contributed by atoms with van der Waals surface area (Å²) in [6, 6.07) is 1.24. The smallest absolute Gasteiger partial charge is 0.322 e. The van der Waals surface area contributed by atoms with E-state index in [0.717, 1.165) is 6.26 Å². The van der Waals surface area contributed by atoms with Crippen LogP contribution in [-0.2, 0) is 19.6 Å². The standard InChI is InChI=1S/C19H28N6O5S/c1-12(2)17(26)21-9-16-18(27)24-10-14(23-31(3,29)30)7-15(24)11-25(16)19(28)22-13-5-4-6-20-8-13/h4-6,8,12,14-16,23H,7,9-11H2,1-3H3,(H,21,26)(H,22,28)/t14-,15-,16-/m0/s1. The van der Waals surface area contributed by atoms with Gasteiger partial charge in [-0.25, -0.2) is 17.9 Å². The molecule has 0 unspecified atom stereocenters. The molecule has 11 nitrogen and oxygen atoms in total. The summed E-state index contributed by atoms with van der Waals surface area (Å²) in [6.07, 6.45) is 4.55. The number of rotatable bonds is 6. The van der Waals surface area contributed by atoms with E-state index < -0.39 is 28.1 Å². The zero-order valence-corrected chi connectivity index (χ0v) is 18.6. The van der Waals surface area contributed by atoms with Gasteiger partial charge in [-0.05, 0) is 18.6 Å². The largest absolute Gasteiger partial charge is 0.353 e. The lowest BCUT2D eigenvalue weighted by molar-refractivity contribution is -0.141. The van der Waals surface area contributed by atoms with Crippen molar-refractivity contribution in [1.82, 2.24) is 24.8 Å². The van der Waals surface area contributed by atoms with Gasteiger partial charge in [0.15, 0.2) is 0 Å². The SMILES string of the molecule is CC(C)C(=O)NC[C@H]1C(=O)N2C[C@@H](NS(C)(=O)=O)C[C@H]2CN1C(=O)Nc1cccnc1. The number of aromatic nitrogens is 1. The van der Waals surface area contributed by atoms with Crippen molar-refractivity contribution < 1.29 is 22.8 Å². The van der Waals surface area contributed by atoms with E-state index in [0.29, 0.717) is 12.1 Å². The molecule has 4 amide bonds. The molecule has 2 saturated heterocycles. The summed E-state index contributed by atoms with van der Waals surface area (Å²) in [5.41, 5.74) is 0.482. The monoisotopic (exact) mass is 452 g/mol. The third-order valence-electron chi connectivity index (χ3n) is 5.31. The first kappa shape index (κ1) is 22.9. The fourth-order valence-electron chi connectivity index (χ4n) is 3.88. The van der Waals surface area contributed by atoms with Gasteiger partial charge >= 0.3 is 6.03 Å². The van der Waals surface area contributed by atoms with E-state index in [9.17, 15) is 22.8 Å². The number of hydrogen-bond acceptors (Lipinski definition) is 6. The molecule has 3 heterocycles. The molecule has 2 aliphatic heterocycles. The van der Waals surface area contributed by atoms with Crippen LogP contribution in [0.3, 0.4) is 0 Å². The third-order valence-corrected chi connectivity index (χ3v) is 6.08. The van der Waals surface area contributed by atoms with E-state index in [1.165, 1.54) is 11.1 Å². The quantitative estimate of drug-likeness (QED) is 0.536. The molecule has 0 bridgehead atoms. The van der Waals surface area contributed by atoms with Crippen LogP contribution >= 0.6 is 0 Å². The lowest BCUT2D eigenvalue weighted by atomic mass is 10.1. The maximum Gasteiger partial charge on any atom is 0.322 e. The first-order chi connectivity index (χ1) is 14.5. The molecule has 31 heavy (non-hydrogen) atoms. The Morgan fingerprint density at radius 3 is 2.65 bits per heavy atom. The number of urea groups is 1. The summed E-state index contributed by atoms with van der Waals surface area (Å²) >= 11 is 0. The summed E-state index contributed by atoms with van der Waals surface area (Å²) in [7, 11) is -3.43. The highest BCUT2D eigenvalue weighted by molar-refractivity contribution is 7.88. The van der Waals surface area contributed by atoms with Crippen LogP contribution in [0.4, 0.5) is 10.5 Å². The Bertz CT molecular complexity index is 938. The second-order valence-corrected chi connectivity index (χ2v) is 9.99. The Hall–Kier alpha value is -2.73. The first-order valence-corrected chi connectivity index (χ1v) is 12.0. The maximum absolute atomic E-state index is 13.2. The van der Waals surface area contributed by atoms with Crippen LogP contribution in [0.5, 0.6) is 0 Å². The van der Waals surface area contributed by atoms with Gasteiger partial charge in [0.2, 0.25) is 21.8 Å². The Kier molecular flexibility index (Phi) is 6.80. The minimum atomic E-state index is -3.43. The number of nitrogens with one attached hydrogen (secondary N) is 3. The predicted octanol–water partition coefficient (Wildman–Crippen LogP) is -0.411. The number of carbonyl (C=O) groups is 3. The molecule has 3 rings (SSSR count). The van der Waals surface area contributed by atoms with Crippen LogP contribution in [0, 0.1) is 5.92 Å². The molecule has 170 valence electrons. The van der Waals surface area contributed by atoms with E-state index in [-0.39, 0.29) is 43.4 Å². The maximum atomic E-state index is 13.2. The first-order valence-electron chi connectivity index (χ1n) is 10.1. The van der Waals surface area contributed by atoms with Crippen molar-refractivity contribution in [2.75, 3.05) is 31.2 Å². The summed E-state index contributed by atoms with van der Waals surface area (Å²) < 4.78 is 25.8. The number of fused-ring (bicyclic) bond motifs is 1. The van der Waals surface area contributed by atoms with Gasteiger partial charge in [0.1, 0.15) is 6.04 Å². The molecule has 0 radical (unpaired) electrons. The molecule has 12 heteroatoms. The third kappa shape index (κ3) is 5.70. The molecular formula is C19H28N6O5S. The van der Waals surface area contributed by atoms with Crippen LogP contribution in [0.1, 0.15) is 20.3 Å². The lowest BCUT2D eigenvalue weighted by Gasteiger charge is -2.42. The molecule has 0 spiro atoms. The van der Waals surface area contributed by atoms with Crippen molar-refractivity contribution in [3.63, 3.8) is 0 Å². The number of pyridine rings is 1. The van der Waals surface area contributed by atoms with Gasteiger partial charge in [-0.2, -0.15) is 0 Å². The summed E-state index contributed by atoms with van der Waals surface area (Å²) in [5.74, 6) is -0.806. The van der Waals surface area contributed by atoms with Gasteiger partial charge < -0.3 is 20.4 Å². The van der Waals surface area contributed by atoms with E-state index in [2.05, 4.69) is 20.3 Å². The van der Waals surface area contributed by atoms with Crippen LogP contribution < -0.4 is 15.4 Å².